The fourth-order valence-corrected chi connectivity index (χ4v) is 1.73. The first-order chi connectivity index (χ1) is 7.02. The van der Waals surface area contributed by atoms with Gasteiger partial charge in [-0.1, -0.05) is 11.8 Å². The van der Waals surface area contributed by atoms with Crippen molar-refractivity contribution >= 4 is 22.8 Å². The van der Waals surface area contributed by atoms with Gasteiger partial charge >= 0.3 is 0 Å². The number of nitrogens with zero attached hydrogens (tertiary/aromatic N) is 4. The Kier molecular flexibility index (Phi) is 2.42. The minimum atomic E-state index is -0.0498. The van der Waals surface area contributed by atoms with Crippen LogP contribution in [0.3, 0.4) is 0 Å². The lowest BCUT2D eigenvalue weighted by molar-refractivity contribution is 0.365. The van der Waals surface area contributed by atoms with Gasteiger partial charge in [0.05, 0.1) is 17.1 Å². The van der Waals surface area contributed by atoms with E-state index in [1.54, 1.807) is 11.8 Å². The van der Waals surface area contributed by atoms with Gasteiger partial charge in [-0.3, -0.25) is 0 Å². The number of hydrogen-bond acceptors (Lipinski definition) is 4. The fourth-order valence-electron chi connectivity index (χ4n) is 1.39. The van der Waals surface area contributed by atoms with Gasteiger partial charge in [-0.25, -0.2) is 14.6 Å². The van der Waals surface area contributed by atoms with Gasteiger partial charge in [0.1, 0.15) is 0 Å². The lowest BCUT2D eigenvalue weighted by Gasteiger charge is -2.19. The third kappa shape index (κ3) is 1.84. The number of hydrogen-bond donors (Lipinski definition) is 0. The Morgan fingerprint density at radius 3 is 2.60 bits per heavy atom. The van der Waals surface area contributed by atoms with Crippen LogP contribution in [0, 0.1) is 0 Å². The molecule has 2 aromatic rings. The first kappa shape index (κ1) is 10.4. The van der Waals surface area contributed by atoms with Crippen LogP contribution in [0.5, 0.6) is 0 Å². The lowest BCUT2D eigenvalue weighted by Crippen LogP contribution is -2.23. The van der Waals surface area contributed by atoms with Gasteiger partial charge in [-0.2, -0.15) is 5.10 Å². The smallest absolute Gasteiger partial charge is 0.189 e. The third-order valence-corrected chi connectivity index (χ3v) is 2.67. The average Bonchev–Trinajstić information content (AvgIpc) is 2.59. The second-order valence-corrected chi connectivity index (χ2v) is 5.14. The van der Waals surface area contributed by atoms with Crippen LogP contribution in [0.15, 0.2) is 17.6 Å². The highest BCUT2D eigenvalue weighted by atomic mass is 32.2. The fraction of sp³-hybridized carbons (Fsp3) is 0.500. The van der Waals surface area contributed by atoms with Crippen LogP contribution < -0.4 is 0 Å². The van der Waals surface area contributed by atoms with Crippen molar-refractivity contribution in [3.05, 3.63) is 12.4 Å². The van der Waals surface area contributed by atoms with E-state index in [2.05, 4.69) is 35.8 Å². The van der Waals surface area contributed by atoms with E-state index < -0.39 is 0 Å². The number of thioether (sulfide) groups is 1. The van der Waals surface area contributed by atoms with E-state index in [-0.39, 0.29) is 5.54 Å². The van der Waals surface area contributed by atoms with Crippen molar-refractivity contribution in [2.45, 2.75) is 31.5 Å². The number of aromatic nitrogens is 4. The predicted molar refractivity (Wildman–Crippen MR) is 62.1 cm³/mol. The summed E-state index contributed by atoms with van der Waals surface area (Å²) in [6.45, 7) is 6.33. The monoisotopic (exact) mass is 222 g/mol. The zero-order valence-electron chi connectivity index (χ0n) is 9.35. The summed E-state index contributed by atoms with van der Waals surface area (Å²) in [5.74, 6) is 0. The summed E-state index contributed by atoms with van der Waals surface area (Å²) in [7, 11) is 0. The highest BCUT2D eigenvalue weighted by Crippen LogP contribution is 2.21. The molecule has 0 fully saturated rings. The predicted octanol–water partition coefficient (Wildman–Crippen LogP) is 2.30. The molecular weight excluding hydrogens is 208 g/mol. The zero-order chi connectivity index (χ0) is 11.1. The summed E-state index contributed by atoms with van der Waals surface area (Å²) in [5, 5.41) is 6.12. The molecular formula is C10H14N4S. The lowest BCUT2D eigenvalue weighted by atomic mass is 10.1. The van der Waals surface area contributed by atoms with E-state index in [9.17, 15) is 0 Å². The van der Waals surface area contributed by atoms with Gasteiger partial charge in [0.15, 0.2) is 10.8 Å². The largest absolute Gasteiger partial charge is 0.242 e. The molecule has 2 heterocycles. The topological polar surface area (TPSA) is 43.6 Å². The van der Waals surface area contributed by atoms with Crippen LogP contribution in [-0.2, 0) is 5.54 Å². The van der Waals surface area contributed by atoms with Crippen molar-refractivity contribution in [2.24, 2.45) is 0 Å². The molecule has 15 heavy (non-hydrogen) atoms. The molecule has 0 spiro atoms. The van der Waals surface area contributed by atoms with Crippen molar-refractivity contribution in [1.29, 1.82) is 0 Å². The van der Waals surface area contributed by atoms with Crippen molar-refractivity contribution in [3.63, 3.8) is 0 Å². The maximum absolute atomic E-state index is 4.47. The Morgan fingerprint density at radius 1 is 1.27 bits per heavy atom. The van der Waals surface area contributed by atoms with Crippen molar-refractivity contribution in [3.8, 4) is 0 Å². The van der Waals surface area contributed by atoms with E-state index in [0.717, 1.165) is 16.2 Å². The molecule has 0 bridgehead atoms. The van der Waals surface area contributed by atoms with E-state index in [1.165, 1.54) is 0 Å². The molecule has 0 N–H and O–H groups in total. The molecule has 0 atom stereocenters. The molecule has 0 radical (unpaired) electrons. The molecule has 4 nitrogen and oxygen atoms in total. The average molecular weight is 222 g/mol. The van der Waals surface area contributed by atoms with Crippen LogP contribution in [-0.4, -0.2) is 26.0 Å². The van der Waals surface area contributed by atoms with Crippen LogP contribution in [0.25, 0.3) is 11.0 Å². The van der Waals surface area contributed by atoms with E-state index in [4.69, 9.17) is 0 Å². The molecule has 0 saturated carbocycles. The minimum absolute atomic E-state index is 0.0498. The zero-order valence-corrected chi connectivity index (χ0v) is 10.2. The Morgan fingerprint density at radius 2 is 2.00 bits per heavy atom. The van der Waals surface area contributed by atoms with Crippen LogP contribution in [0.2, 0.25) is 0 Å². The molecule has 0 aromatic carbocycles. The molecule has 2 rings (SSSR count). The second kappa shape index (κ2) is 3.48. The highest BCUT2D eigenvalue weighted by molar-refractivity contribution is 7.98. The standard InChI is InChI=1S/C10H14N4S/c1-10(2,3)14-8-7(6-12-14)5-11-9(13-8)15-4/h5-6H,1-4H3. The molecule has 0 saturated heterocycles. The molecule has 0 aliphatic heterocycles. The van der Waals surface area contributed by atoms with Crippen molar-refractivity contribution in [1.82, 2.24) is 19.7 Å². The van der Waals surface area contributed by atoms with Gasteiger partial charge in [0, 0.05) is 6.20 Å². The van der Waals surface area contributed by atoms with Crippen LogP contribution in [0.1, 0.15) is 20.8 Å². The molecule has 0 unspecified atom stereocenters. The third-order valence-electron chi connectivity index (χ3n) is 2.10. The highest BCUT2D eigenvalue weighted by Gasteiger charge is 2.18. The Balaban J connectivity index is 2.67. The van der Waals surface area contributed by atoms with Gasteiger partial charge in [0.25, 0.3) is 0 Å². The Labute approximate surface area is 93.1 Å². The Hall–Kier alpha value is -1.10. The summed E-state index contributed by atoms with van der Waals surface area (Å²) >= 11 is 1.54. The van der Waals surface area contributed by atoms with Crippen molar-refractivity contribution in [2.75, 3.05) is 6.26 Å². The molecule has 0 aliphatic rings. The molecule has 5 heteroatoms. The SMILES string of the molecule is CSc1ncc2cnn(C(C)(C)C)c2n1. The molecule has 2 aromatic heterocycles. The summed E-state index contributed by atoms with van der Waals surface area (Å²) in [6.07, 6.45) is 5.60. The van der Waals surface area contributed by atoms with Crippen molar-refractivity contribution < 1.29 is 0 Å². The molecule has 80 valence electrons. The second-order valence-electron chi connectivity index (χ2n) is 4.36. The molecule has 0 amide bonds. The van der Waals surface area contributed by atoms with E-state index in [0.29, 0.717) is 0 Å². The van der Waals surface area contributed by atoms with Crippen LogP contribution >= 0.6 is 11.8 Å². The summed E-state index contributed by atoms with van der Waals surface area (Å²) in [5.41, 5.74) is 0.855. The first-order valence-corrected chi connectivity index (χ1v) is 6.00. The summed E-state index contributed by atoms with van der Waals surface area (Å²) in [4.78, 5) is 8.69. The quantitative estimate of drug-likeness (QED) is 0.548. The summed E-state index contributed by atoms with van der Waals surface area (Å²) in [6, 6.07) is 0. The van der Waals surface area contributed by atoms with Gasteiger partial charge in [-0.15, -0.1) is 0 Å². The Bertz CT molecular complexity index is 484. The number of fused-ring (bicyclic) bond motifs is 1. The minimum Gasteiger partial charge on any atom is -0.242 e. The van der Waals surface area contributed by atoms with Gasteiger partial charge in [0.2, 0.25) is 0 Å². The van der Waals surface area contributed by atoms with Gasteiger partial charge < -0.3 is 0 Å². The molecule has 0 aliphatic carbocycles. The maximum atomic E-state index is 4.47. The van der Waals surface area contributed by atoms with Gasteiger partial charge in [-0.05, 0) is 27.0 Å². The van der Waals surface area contributed by atoms with Crippen LogP contribution in [0.4, 0.5) is 0 Å². The first-order valence-electron chi connectivity index (χ1n) is 4.77. The normalized spacial score (nSPS) is 12.3. The van der Waals surface area contributed by atoms with E-state index in [1.807, 2.05) is 23.3 Å². The maximum Gasteiger partial charge on any atom is 0.189 e. The summed E-state index contributed by atoms with van der Waals surface area (Å²) < 4.78 is 1.93. The number of rotatable bonds is 1. The van der Waals surface area contributed by atoms with E-state index >= 15 is 0 Å².